The number of non-ortho nitro benzene ring substituents is 1. The average molecular weight is 443 g/mol. The summed E-state index contributed by atoms with van der Waals surface area (Å²) in [6.07, 6.45) is 0. The number of amides is 1. The monoisotopic (exact) mass is 443 g/mol. The second-order valence-electron chi connectivity index (χ2n) is 7.80. The Bertz CT molecular complexity index is 1270. The smallest absolute Gasteiger partial charge is 0.300 e. The number of benzene rings is 3. The highest BCUT2D eigenvalue weighted by atomic mass is 16.6. The van der Waals surface area contributed by atoms with Crippen LogP contribution in [0.1, 0.15) is 17.2 Å². The van der Waals surface area contributed by atoms with E-state index >= 15 is 0 Å². The number of hydrogen-bond acceptors (Lipinski definition) is 6. The summed E-state index contributed by atoms with van der Waals surface area (Å²) in [5.41, 5.74) is 1.78. The maximum atomic E-state index is 13.1. The van der Waals surface area contributed by atoms with E-state index in [0.717, 1.165) is 5.69 Å². The number of Topliss-reactive ketones (excluding diaryl/α,β-unsaturated/α-hetero) is 1. The van der Waals surface area contributed by atoms with Crippen molar-refractivity contribution in [2.24, 2.45) is 0 Å². The molecule has 3 aromatic carbocycles. The van der Waals surface area contributed by atoms with Crippen LogP contribution in [0.15, 0.2) is 84.4 Å². The Balaban J connectivity index is 1.93. The fraction of sp³-hybridized carbons (Fsp3) is 0.120. The minimum atomic E-state index is -0.900. The van der Waals surface area contributed by atoms with Gasteiger partial charge in [-0.3, -0.25) is 24.6 Å². The third kappa shape index (κ3) is 3.94. The Morgan fingerprint density at radius 3 is 2.24 bits per heavy atom. The number of ketones is 1. The molecule has 1 amide bonds. The van der Waals surface area contributed by atoms with Crippen molar-refractivity contribution in [1.29, 1.82) is 0 Å². The Hall–Kier alpha value is -4.46. The minimum absolute atomic E-state index is 0.0881. The second-order valence-corrected chi connectivity index (χ2v) is 7.80. The second kappa shape index (κ2) is 8.58. The molecule has 8 heteroatoms. The topological polar surface area (TPSA) is 104 Å². The average Bonchev–Trinajstić information content (AvgIpc) is 3.09. The summed E-state index contributed by atoms with van der Waals surface area (Å²) in [5.74, 6) is -2.10. The van der Waals surface area contributed by atoms with Crippen molar-refractivity contribution < 1.29 is 19.6 Å². The number of aliphatic hydroxyl groups is 1. The molecule has 0 spiro atoms. The molecule has 1 unspecified atom stereocenters. The van der Waals surface area contributed by atoms with Gasteiger partial charge in [0.15, 0.2) is 0 Å². The Morgan fingerprint density at radius 2 is 1.64 bits per heavy atom. The molecule has 0 saturated carbocycles. The molecule has 1 atom stereocenters. The van der Waals surface area contributed by atoms with Crippen molar-refractivity contribution in [2.45, 2.75) is 6.04 Å². The Morgan fingerprint density at radius 1 is 0.970 bits per heavy atom. The van der Waals surface area contributed by atoms with E-state index in [1.165, 1.54) is 29.2 Å². The highest BCUT2D eigenvalue weighted by molar-refractivity contribution is 6.51. The lowest BCUT2D eigenvalue weighted by Gasteiger charge is -2.26. The van der Waals surface area contributed by atoms with Gasteiger partial charge in [-0.25, -0.2) is 0 Å². The number of nitro benzene ring substituents is 1. The SMILES string of the molecule is CN(C)c1ccc(C2/C(=C(/O)c3cccc([N+](=O)[O-])c3)C(=O)C(=O)N2c2ccccc2)cc1. The maximum Gasteiger partial charge on any atom is 0.300 e. The molecule has 0 bridgehead atoms. The summed E-state index contributed by atoms with van der Waals surface area (Å²) in [6.45, 7) is 0. The van der Waals surface area contributed by atoms with Gasteiger partial charge < -0.3 is 10.0 Å². The Labute approximate surface area is 190 Å². The van der Waals surface area contributed by atoms with E-state index in [0.29, 0.717) is 11.3 Å². The molecular formula is C25H21N3O5. The fourth-order valence-electron chi connectivity index (χ4n) is 3.88. The normalized spacial score (nSPS) is 17.3. The van der Waals surface area contributed by atoms with Crippen molar-refractivity contribution in [2.75, 3.05) is 23.9 Å². The van der Waals surface area contributed by atoms with Crippen LogP contribution in [0.4, 0.5) is 17.1 Å². The zero-order chi connectivity index (χ0) is 23.7. The highest BCUT2D eigenvalue weighted by Crippen LogP contribution is 2.42. The van der Waals surface area contributed by atoms with E-state index < -0.39 is 28.4 Å². The van der Waals surface area contributed by atoms with Gasteiger partial charge in [0.1, 0.15) is 5.76 Å². The molecule has 1 aliphatic heterocycles. The first-order valence-electron chi connectivity index (χ1n) is 10.2. The molecule has 1 saturated heterocycles. The van der Waals surface area contributed by atoms with Crippen molar-refractivity contribution in [1.82, 2.24) is 0 Å². The van der Waals surface area contributed by atoms with Gasteiger partial charge in [-0.1, -0.05) is 42.5 Å². The van der Waals surface area contributed by atoms with Gasteiger partial charge in [0.25, 0.3) is 17.4 Å². The zero-order valence-electron chi connectivity index (χ0n) is 18.0. The largest absolute Gasteiger partial charge is 0.507 e. The molecule has 33 heavy (non-hydrogen) atoms. The molecule has 1 heterocycles. The standard InChI is InChI=1S/C25H21N3O5/c1-26(2)18-13-11-16(12-14-18)22-21(23(29)17-7-6-10-20(15-17)28(32)33)24(30)25(31)27(22)19-8-4-3-5-9-19/h3-15,22,29H,1-2H3/b23-21-. The van der Waals surface area contributed by atoms with Crippen molar-refractivity contribution in [3.05, 3.63) is 106 Å². The van der Waals surface area contributed by atoms with E-state index in [2.05, 4.69) is 0 Å². The lowest BCUT2D eigenvalue weighted by molar-refractivity contribution is -0.384. The molecule has 1 aliphatic rings. The van der Waals surface area contributed by atoms with E-state index in [1.54, 1.807) is 42.5 Å². The van der Waals surface area contributed by atoms with Crippen LogP contribution in [0.3, 0.4) is 0 Å². The Kier molecular flexibility index (Phi) is 5.66. The molecule has 1 N–H and O–H groups in total. The quantitative estimate of drug-likeness (QED) is 0.207. The minimum Gasteiger partial charge on any atom is -0.507 e. The first-order chi connectivity index (χ1) is 15.8. The van der Waals surface area contributed by atoms with E-state index in [4.69, 9.17) is 0 Å². The van der Waals surface area contributed by atoms with E-state index in [-0.39, 0.29) is 16.8 Å². The summed E-state index contributed by atoms with van der Waals surface area (Å²) in [7, 11) is 3.79. The first kappa shape index (κ1) is 21.8. The lowest BCUT2D eigenvalue weighted by atomic mass is 9.94. The number of anilines is 2. The number of carbonyl (C=O) groups excluding carboxylic acids is 2. The number of rotatable bonds is 5. The number of aliphatic hydroxyl groups excluding tert-OH is 1. The number of nitro groups is 1. The molecule has 1 fully saturated rings. The van der Waals surface area contributed by atoms with Gasteiger partial charge in [-0.15, -0.1) is 0 Å². The van der Waals surface area contributed by atoms with Crippen LogP contribution in [-0.2, 0) is 9.59 Å². The predicted molar refractivity (Wildman–Crippen MR) is 125 cm³/mol. The van der Waals surface area contributed by atoms with E-state index in [1.807, 2.05) is 31.1 Å². The number of nitrogens with zero attached hydrogens (tertiary/aromatic N) is 3. The zero-order valence-corrected chi connectivity index (χ0v) is 18.0. The molecule has 0 radical (unpaired) electrons. The van der Waals surface area contributed by atoms with Crippen LogP contribution in [-0.4, -0.2) is 35.8 Å². The third-order valence-electron chi connectivity index (χ3n) is 5.53. The van der Waals surface area contributed by atoms with Gasteiger partial charge in [-0.2, -0.15) is 0 Å². The summed E-state index contributed by atoms with van der Waals surface area (Å²) in [4.78, 5) is 40.1. The summed E-state index contributed by atoms with van der Waals surface area (Å²) < 4.78 is 0. The predicted octanol–water partition coefficient (Wildman–Crippen LogP) is 4.29. The van der Waals surface area contributed by atoms with Gasteiger partial charge in [0.05, 0.1) is 16.5 Å². The lowest BCUT2D eigenvalue weighted by Crippen LogP contribution is -2.29. The summed E-state index contributed by atoms with van der Waals surface area (Å²) in [5, 5.41) is 22.3. The van der Waals surface area contributed by atoms with Gasteiger partial charge in [0.2, 0.25) is 0 Å². The van der Waals surface area contributed by atoms with Gasteiger partial charge in [-0.05, 0) is 29.8 Å². The summed E-state index contributed by atoms with van der Waals surface area (Å²) >= 11 is 0. The molecular weight excluding hydrogens is 422 g/mol. The van der Waals surface area contributed by atoms with Crippen molar-refractivity contribution >= 4 is 34.5 Å². The first-order valence-corrected chi connectivity index (χ1v) is 10.2. The van der Waals surface area contributed by atoms with Gasteiger partial charge in [0, 0.05) is 43.2 Å². The molecule has 4 rings (SSSR count). The van der Waals surface area contributed by atoms with Gasteiger partial charge >= 0.3 is 0 Å². The van der Waals surface area contributed by atoms with Crippen LogP contribution in [0.2, 0.25) is 0 Å². The van der Waals surface area contributed by atoms with Crippen LogP contribution in [0.25, 0.3) is 5.76 Å². The molecule has 8 nitrogen and oxygen atoms in total. The molecule has 0 aromatic heterocycles. The van der Waals surface area contributed by atoms with Crippen LogP contribution < -0.4 is 9.80 Å². The third-order valence-corrected chi connectivity index (χ3v) is 5.53. The van der Waals surface area contributed by atoms with Crippen molar-refractivity contribution in [3.8, 4) is 0 Å². The fourth-order valence-corrected chi connectivity index (χ4v) is 3.88. The number of para-hydroxylation sites is 1. The summed E-state index contributed by atoms with van der Waals surface area (Å²) in [6, 6.07) is 20.5. The van der Waals surface area contributed by atoms with Crippen LogP contribution >= 0.6 is 0 Å². The molecule has 3 aromatic rings. The van der Waals surface area contributed by atoms with Crippen molar-refractivity contribution in [3.63, 3.8) is 0 Å². The van der Waals surface area contributed by atoms with E-state index in [9.17, 15) is 24.8 Å². The van der Waals surface area contributed by atoms with Crippen LogP contribution in [0, 0.1) is 10.1 Å². The van der Waals surface area contributed by atoms with Crippen LogP contribution in [0.5, 0.6) is 0 Å². The highest BCUT2D eigenvalue weighted by Gasteiger charge is 2.47. The number of carbonyl (C=O) groups is 2. The molecule has 166 valence electrons. The maximum absolute atomic E-state index is 13.1. The molecule has 0 aliphatic carbocycles. The number of hydrogen-bond donors (Lipinski definition) is 1.